The van der Waals surface area contributed by atoms with Crippen molar-refractivity contribution in [3.8, 4) is 17.0 Å². The van der Waals surface area contributed by atoms with Crippen LogP contribution in [0.3, 0.4) is 0 Å². The molecule has 2 N–H and O–H groups in total. The van der Waals surface area contributed by atoms with Gasteiger partial charge in [-0.05, 0) is 49.8 Å². The van der Waals surface area contributed by atoms with E-state index >= 15 is 0 Å². The second kappa shape index (κ2) is 11.4. The first kappa shape index (κ1) is 28.1. The maximum absolute atomic E-state index is 14.0. The molecule has 3 aromatic rings. The molecule has 0 bridgehead atoms. The number of nitrogens with zero attached hydrogens (tertiary/aromatic N) is 4. The number of amides is 2. The highest BCUT2D eigenvalue weighted by Gasteiger charge is 2.56. The van der Waals surface area contributed by atoms with Gasteiger partial charge in [0.05, 0.1) is 36.3 Å². The van der Waals surface area contributed by atoms with Crippen LogP contribution in [0.15, 0.2) is 71.8 Å². The molecule has 4 aliphatic rings. The minimum atomic E-state index is -1.11. The summed E-state index contributed by atoms with van der Waals surface area (Å²) in [6.07, 6.45) is 8.02. The van der Waals surface area contributed by atoms with Gasteiger partial charge in [-0.15, -0.1) is 0 Å². The molecule has 9 nitrogen and oxygen atoms in total. The van der Waals surface area contributed by atoms with Crippen molar-refractivity contribution in [2.45, 2.75) is 69.2 Å². The van der Waals surface area contributed by atoms with Crippen LogP contribution in [0.5, 0.6) is 5.75 Å². The van der Waals surface area contributed by atoms with Crippen LogP contribution in [0.1, 0.15) is 56.6 Å². The number of urea groups is 1. The van der Waals surface area contributed by atoms with Gasteiger partial charge in [-0.2, -0.15) is 0 Å². The van der Waals surface area contributed by atoms with E-state index in [1.807, 2.05) is 52.3 Å². The fourth-order valence-electron chi connectivity index (χ4n) is 7.47. The number of hydrogen-bond donors (Lipinski definition) is 2. The van der Waals surface area contributed by atoms with Gasteiger partial charge in [0.2, 0.25) is 0 Å². The number of rotatable bonds is 6. The summed E-state index contributed by atoms with van der Waals surface area (Å²) in [7, 11) is 0. The van der Waals surface area contributed by atoms with Crippen LogP contribution >= 0.6 is 0 Å². The average Bonchev–Trinajstić information content (AvgIpc) is 3.73. The topological polar surface area (TPSA) is 99.9 Å². The summed E-state index contributed by atoms with van der Waals surface area (Å²) in [5.41, 5.74) is 0.743. The Labute approximate surface area is 252 Å². The lowest BCUT2D eigenvalue weighted by Crippen LogP contribution is -2.64. The third-order valence-corrected chi connectivity index (χ3v) is 10.1. The van der Waals surface area contributed by atoms with Crippen LogP contribution in [0, 0.1) is 5.41 Å². The quantitative estimate of drug-likeness (QED) is 0.451. The lowest BCUT2D eigenvalue weighted by Gasteiger charge is -2.53. The maximum Gasteiger partial charge on any atom is 0.320 e. The van der Waals surface area contributed by atoms with Gasteiger partial charge >= 0.3 is 6.03 Å². The molecule has 9 heteroatoms. The molecule has 43 heavy (non-hydrogen) atoms. The van der Waals surface area contributed by atoms with Gasteiger partial charge in [0.1, 0.15) is 5.75 Å². The summed E-state index contributed by atoms with van der Waals surface area (Å²) in [5, 5.41) is 15.8. The van der Waals surface area contributed by atoms with E-state index in [-0.39, 0.29) is 30.3 Å². The van der Waals surface area contributed by atoms with E-state index in [0.29, 0.717) is 31.7 Å². The zero-order chi connectivity index (χ0) is 29.4. The van der Waals surface area contributed by atoms with Crippen molar-refractivity contribution in [3.05, 3.63) is 82.9 Å². The standard InChI is InChI=1S/C34H41N5O4/c40-31-20-28(27-10-4-5-11-30(27)43-26-12-13-26)36-24-38(31)23-34(42)16-18-37(22-33(34)14-6-7-15-33)32(41)39-19-17-35-21-29(39)25-8-2-1-3-9-25/h1-5,8-11,20,24,26,29,35,42H,6-7,12-19,21-23H2/t29-,34+/m0/s1. The molecular weight excluding hydrogens is 542 g/mol. The zero-order valence-electron chi connectivity index (χ0n) is 24.7. The Morgan fingerprint density at radius 3 is 2.56 bits per heavy atom. The number of carbonyl (C=O) groups is 1. The van der Waals surface area contributed by atoms with Crippen LogP contribution in [0.2, 0.25) is 0 Å². The number of benzene rings is 2. The third-order valence-electron chi connectivity index (χ3n) is 10.1. The number of ether oxygens (including phenoxy) is 1. The van der Waals surface area contributed by atoms with Crippen molar-refractivity contribution >= 4 is 6.03 Å². The van der Waals surface area contributed by atoms with E-state index in [9.17, 15) is 14.7 Å². The van der Waals surface area contributed by atoms with E-state index < -0.39 is 11.0 Å². The number of likely N-dealkylation sites (tertiary alicyclic amines) is 1. The zero-order valence-corrected chi connectivity index (χ0v) is 24.7. The summed E-state index contributed by atoms with van der Waals surface area (Å²) in [5.74, 6) is 0.745. The van der Waals surface area contributed by atoms with E-state index in [1.165, 1.54) is 0 Å². The highest BCUT2D eigenvalue weighted by molar-refractivity contribution is 5.75. The van der Waals surface area contributed by atoms with Crippen molar-refractivity contribution in [2.75, 3.05) is 32.7 Å². The molecule has 2 aliphatic heterocycles. The summed E-state index contributed by atoms with van der Waals surface area (Å²) in [4.78, 5) is 36.1. The van der Waals surface area contributed by atoms with E-state index in [2.05, 4.69) is 22.4 Å². The van der Waals surface area contributed by atoms with E-state index in [0.717, 1.165) is 68.5 Å². The molecule has 2 amide bonds. The Morgan fingerprint density at radius 2 is 1.79 bits per heavy atom. The normalized spacial score (nSPS) is 25.2. The fraction of sp³-hybridized carbons (Fsp3) is 0.500. The Morgan fingerprint density at radius 1 is 1.02 bits per heavy atom. The van der Waals surface area contributed by atoms with Crippen LogP contribution in [-0.2, 0) is 6.54 Å². The minimum Gasteiger partial charge on any atom is -0.490 e. The Bertz CT molecular complexity index is 1520. The van der Waals surface area contributed by atoms with Gasteiger partial charge in [0.15, 0.2) is 0 Å². The highest BCUT2D eigenvalue weighted by atomic mass is 16.5. The minimum absolute atomic E-state index is 0.0224. The molecular formula is C34H41N5O4. The maximum atomic E-state index is 14.0. The summed E-state index contributed by atoms with van der Waals surface area (Å²) in [6.45, 7) is 3.26. The smallest absolute Gasteiger partial charge is 0.320 e. The van der Waals surface area contributed by atoms with E-state index in [4.69, 9.17) is 4.74 Å². The molecule has 7 rings (SSSR count). The molecule has 4 fully saturated rings. The van der Waals surface area contributed by atoms with Crippen LogP contribution in [-0.4, -0.2) is 74.9 Å². The first-order chi connectivity index (χ1) is 20.9. The molecule has 226 valence electrons. The third kappa shape index (κ3) is 5.45. The molecule has 2 aromatic carbocycles. The van der Waals surface area contributed by atoms with Crippen LogP contribution in [0.25, 0.3) is 11.3 Å². The van der Waals surface area contributed by atoms with Crippen LogP contribution < -0.4 is 15.6 Å². The second-order valence-corrected chi connectivity index (χ2v) is 12.9. The molecule has 2 aliphatic carbocycles. The summed E-state index contributed by atoms with van der Waals surface area (Å²) in [6, 6.07) is 19.5. The molecule has 0 unspecified atom stereocenters. The van der Waals surface area contributed by atoms with Gasteiger partial charge in [-0.3, -0.25) is 9.36 Å². The summed E-state index contributed by atoms with van der Waals surface area (Å²) < 4.78 is 7.61. The Hall–Kier alpha value is -3.69. The van der Waals surface area contributed by atoms with Crippen molar-refractivity contribution in [2.24, 2.45) is 5.41 Å². The molecule has 2 atom stereocenters. The van der Waals surface area contributed by atoms with Gasteiger partial charge in [0.25, 0.3) is 5.56 Å². The second-order valence-electron chi connectivity index (χ2n) is 12.9. The number of piperidine rings is 1. The van der Waals surface area contributed by atoms with Crippen molar-refractivity contribution in [1.29, 1.82) is 0 Å². The largest absolute Gasteiger partial charge is 0.490 e. The number of aliphatic hydroxyl groups is 1. The number of carbonyl (C=O) groups excluding carboxylic acids is 1. The van der Waals surface area contributed by atoms with Gasteiger partial charge in [-0.25, -0.2) is 9.78 Å². The van der Waals surface area contributed by atoms with Crippen molar-refractivity contribution in [1.82, 2.24) is 24.7 Å². The monoisotopic (exact) mass is 583 g/mol. The summed E-state index contributed by atoms with van der Waals surface area (Å²) >= 11 is 0. The van der Waals surface area contributed by atoms with Crippen molar-refractivity contribution in [3.63, 3.8) is 0 Å². The Balaban J connectivity index is 1.11. The molecule has 1 aromatic heterocycles. The molecule has 1 spiro atoms. The first-order valence-corrected chi connectivity index (χ1v) is 15.8. The molecule has 2 saturated heterocycles. The molecule has 2 saturated carbocycles. The number of nitrogens with one attached hydrogen (secondary N) is 1. The van der Waals surface area contributed by atoms with Gasteiger partial charge in [-0.1, -0.05) is 55.3 Å². The number of piperazine rings is 1. The molecule has 3 heterocycles. The molecule has 0 radical (unpaired) electrons. The fourth-order valence-corrected chi connectivity index (χ4v) is 7.47. The predicted octanol–water partition coefficient (Wildman–Crippen LogP) is 4.22. The lowest BCUT2D eigenvalue weighted by atomic mass is 9.66. The number of para-hydroxylation sites is 1. The van der Waals surface area contributed by atoms with Gasteiger partial charge < -0.3 is 25.0 Å². The lowest BCUT2D eigenvalue weighted by molar-refractivity contribution is -0.137. The number of aromatic nitrogens is 2. The highest BCUT2D eigenvalue weighted by Crippen LogP contribution is 2.52. The SMILES string of the molecule is O=C(N1CC[C@@](O)(Cn2cnc(-c3ccccc3OC3CC3)cc2=O)C2(CCCC2)C1)N1CCNC[C@H]1c1ccccc1. The number of hydrogen-bond acceptors (Lipinski definition) is 6. The average molecular weight is 584 g/mol. The predicted molar refractivity (Wildman–Crippen MR) is 164 cm³/mol. The van der Waals surface area contributed by atoms with E-state index in [1.54, 1.807) is 17.0 Å². The first-order valence-electron chi connectivity index (χ1n) is 15.8. The van der Waals surface area contributed by atoms with Gasteiger partial charge in [0, 0.05) is 49.8 Å². The van der Waals surface area contributed by atoms with Crippen molar-refractivity contribution < 1.29 is 14.6 Å². The Kier molecular flexibility index (Phi) is 7.47. The van der Waals surface area contributed by atoms with Crippen LogP contribution in [0.4, 0.5) is 4.79 Å².